The maximum atomic E-state index is 13.3. The van der Waals surface area contributed by atoms with Gasteiger partial charge in [-0.1, -0.05) is 35.5 Å². The predicted octanol–water partition coefficient (Wildman–Crippen LogP) is 2.63. The Labute approximate surface area is 120 Å². The Morgan fingerprint density at radius 3 is 2.95 bits per heavy atom. The van der Waals surface area contributed by atoms with Crippen molar-refractivity contribution < 1.29 is 4.39 Å². The Hall–Kier alpha value is -1.11. The van der Waals surface area contributed by atoms with E-state index in [-0.39, 0.29) is 5.02 Å². The molecule has 1 heterocycles. The first-order valence-electron chi connectivity index (χ1n) is 5.79. The molecule has 0 saturated heterocycles. The molecule has 0 aliphatic rings. The molecule has 0 radical (unpaired) electrons. The molecule has 0 aliphatic carbocycles. The van der Waals surface area contributed by atoms with Crippen LogP contribution >= 0.6 is 23.4 Å². The molecule has 7 heteroatoms. The lowest BCUT2D eigenvalue weighted by atomic mass is 10.2. The quantitative estimate of drug-likeness (QED) is 0.863. The van der Waals surface area contributed by atoms with Crippen LogP contribution in [0.4, 0.5) is 4.39 Å². The van der Waals surface area contributed by atoms with Crippen LogP contribution in [0.2, 0.25) is 5.02 Å². The van der Waals surface area contributed by atoms with Crippen molar-refractivity contribution in [1.29, 1.82) is 0 Å². The number of rotatable bonds is 5. The fourth-order valence-corrected chi connectivity index (χ4v) is 2.93. The Kier molecular flexibility index (Phi) is 4.79. The first-order chi connectivity index (χ1) is 9.13. The molecule has 4 nitrogen and oxygen atoms in total. The van der Waals surface area contributed by atoms with Gasteiger partial charge in [-0.2, -0.15) is 0 Å². The van der Waals surface area contributed by atoms with Crippen LogP contribution in [0.1, 0.15) is 11.4 Å². The highest BCUT2D eigenvalue weighted by atomic mass is 35.5. The molecule has 0 spiro atoms. The fraction of sp³-hybridized carbons (Fsp3) is 0.333. The summed E-state index contributed by atoms with van der Waals surface area (Å²) in [6, 6.07) is 4.79. The van der Waals surface area contributed by atoms with Crippen LogP contribution in [0.15, 0.2) is 23.4 Å². The van der Waals surface area contributed by atoms with Gasteiger partial charge in [-0.15, -0.1) is 10.2 Å². The zero-order chi connectivity index (χ0) is 13.8. The molecule has 2 aromatic rings. The lowest BCUT2D eigenvalue weighted by Crippen LogP contribution is -2.12. The summed E-state index contributed by atoms with van der Waals surface area (Å²) < 4.78 is 15.3. The highest BCUT2D eigenvalue weighted by Crippen LogP contribution is 2.27. The number of halogens is 2. The van der Waals surface area contributed by atoms with E-state index in [2.05, 4.69) is 10.2 Å². The van der Waals surface area contributed by atoms with Gasteiger partial charge in [-0.05, 0) is 18.6 Å². The average Bonchev–Trinajstić information content (AvgIpc) is 2.74. The van der Waals surface area contributed by atoms with Gasteiger partial charge in [-0.25, -0.2) is 4.39 Å². The van der Waals surface area contributed by atoms with Crippen molar-refractivity contribution in [3.63, 3.8) is 0 Å². The third-order valence-corrected chi connectivity index (χ3v) is 4.08. The summed E-state index contributed by atoms with van der Waals surface area (Å²) in [6.07, 6.45) is 0. The molecular weight excluding hydrogens is 287 g/mol. The molecule has 1 aromatic heterocycles. The van der Waals surface area contributed by atoms with E-state index in [0.717, 1.165) is 16.5 Å². The first-order valence-corrected chi connectivity index (χ1v) is 7.15. The average molecular weight is 301 g/mol. The minimum absolute atomic E-state index is 0.164. The summed E-state index contributed by atoms with van der Waals surface area (Å²) in [6.45, 7) is 3.06. The monoisotopic (exact) mass is 300 g/mol. The number of hydrogen-bond donors (Lipinski definition) is 1. The maximum Gasteiger partial charge on any atom is 0.191 e. The van der Waals surface area contributed by atoms with Gasteiger partial charge in [0.25, 0.3) is 0 Å². The van der Waals surface area contributed by atoms with Crippen LogP contribution in [0.5, 0.6) is 0 Å². The van der Waals surface area contributed by atoms with Crippen LogP contribution in [0.3, 0.4) is 0 Å². The second-order valence-electron chi connectivity index (χ2n) is 3.97. The van der Waals surface area contributed by atoms with Crippen molar-refractivity contribution >= 4 is 23.4 Å². The van der Waals surface area contributed by atoms with Crippen molar-refractivity contribution in [2.45, 2.75) is 24.4 Å². The van der Waals surface area contributed by atoms with Gasteiger partial charge >= 0.3 is 0 Å². The molecule has 2 rings (SSSR count). The molecule has 1 aromatic carbocycles. The van der Waals surface area contributed by atoms with Gasteiger partial charge < -0.3 is 10.3 Å². The van der Waals surface area contributed by atoms with Crippen LogP contribution < -0.4 is 5.73 Å². The lowest BCUT2D eigenvalue weighted by Gasteiger charge is -2.07. The number of nitrogens with two attached hydrogens (primary N) is 1. The molecule has 0 aliphatic heterocycles. The largest absolute Gasteiger partial charge is 0.329 e. The van der Waals surface area contributed by atoms with Gasteiger partial charge in [0, 0.05) is 18.8 Å². The highest BCUT2D eigenvalue weighted by Gasteiger charge is 2.11. The van der Waals surface area contributed by atoms with E-state index in [9.17, 15) is 4.39 Å². The topological polar surface area (TPSA) is 56.7 Å². The van der Waals surface area contributed by atoms with Gasteiger partial charge in [-0.3, -0.25) is 0 Å². The smallest absolute Gasteiger partial charge is 0.191 e. The van der Waals surface area contributed by atoms with Crippen molar-refractivity contribution in [2.24, 2.45) is 5.73 Å². The third kappa shape index (κ3) is 3.26. The van der Waals surface area contributed by atoms with Crippen molar-refractivity contribution in [2.75, 3.05) is 6.54 Å². The molecule has 0 saturated carbocycles. The summed E-state index contributed by atoms with van der Waals surface area (Å²) in [5.74, 6) is 0.955. The molecule has 0 unspecified atom stereocenters. The van der Waals surface area contributed by atoms with Crippen molar-refractivity contribution in [3.05, 3.63) is 40.4 Å². The third-order valence-electron chi connectivity index (χ3n) is 2.64. The van der Waals surface area contributed by atoms with E-state index < -0.39 is 5.82 Å². The Morgan fingerprint density at radius 1 is 1.42 bits per heavy atom. The number of thioether (sulfide) groups is 1. The minimum atomic E-state index is -0.403. The lowest BCUT2D eigenvalue weighted by molar-refractivity contribution is 0.625. The Balaban J connectivity index is 2.12. The van der Waals surface area contributed by atoms with E-state index >= 15 is 0 Å². The van der Waals surface area contributed by atoms with E-state index in [1.54, 1.807) is 12.1 Å². The number of hydrogen-bond acceptors (Lipinski definition) is 4. The summed E-state index contributed by atoms with van der Waals surface area (Å²) in [5.41, 5.74) is 6.29. The molecule has 0 fully saturated rings. The van der Waals surface area contributed by atoms with Gasteiger partial charge in [0.1, 0.15) is 11.6 Å². The summed E-state index contributed by atoms with van der Waals surface area (Å²) in [7, 11) is 0. The van der Waals surface area contributed by atoms with Crippen LogP contribution in [0.25, 0.3) is 0 Å². The van der Waals surface area contributed by atoms with Crippen LogP contribution in [-0.2, 0) is 12.3 Å². The predicted molar refractivity (Wildman–Crippen MR) is 74.8 cm³/mol. The number of benzene rings is 1. The normalized spacial score (nSPS) is 10.9. The van der Waals surface area contributed by atoms with E-state index in [4.69, 9.17) is 17.3 Å². The first kappa shape index (κ1) is 14.3. The van der Waals surface area contributed by atoms with Gasteiger partial charge in [0.05, 0.1) is 5.02 Å². The van der Waals surface area contributed by atoms with E-state index in [1.807, 2.05) is 11.5 Å². The van der Waals surface area contributed by atoms with Crippen LogP contribution in [0, 0.1) is 12.7 Å². The highest BCUT2D eigenvalue weighted by molar-refractivity contribution is 7.98. The maximum absolute atomic E-state index is 13.3. The zero-order valence-electron chi connectivity index (χ0n) is 10.4. The second kappa shape index (κ2) is 6.36. The molecule has 0 atom stereocenters. The molecule has 2 N–H and O–H groups in total. The molecular formula is C12H14ClFN4S. The van der Waals surface area contributed by atoms with Crippen LogP contribution in [-0.4, -0.2) is 21.3 Å². The standard InChI is InChI=1S/C12H14ClFN4S/c1-8-16-17-12(18(8)6-5-15)19-7-9-3-2-4-10(14)11(9)13/h2-4H,5-7,15H2,1H3. The molecule has 19 heavy (non-hydrogen) atoms. The van der Waals surface area contributed by atoms with Gasteiger partial charge in [0.2, 0.25) is 0 Å². The van der Waals surface area contributed by atoms with Gasteiger partial charge in [0.15, 0.2) is 5.16 Å². The zero-order valence-corrected chi connectivity index (χ0v) is 12.0. The number of aryl methyl sites for hydroxylation is 1. The van der Waals surface area contributed by atoms with Crippen molar-refractivity contribution in [3.8, 4) is 0 Å². The molecule has 102 valence electrons. The SMILES string of the molecule is Cc1nnc(SCc2cccc(F)c2Cl)n1CCN. The Bertz CT molecular complexity index is 573. The summed E-state index contributed by atoms with van der Waals surface area (Å²) >= 11 is 7.38. The second-order valence-corrected chi connectivity index (χ2v) is 5.29. The Morgan fingerprint density at radius 2 is 2.21 bits per heavy atom. The minimum Gasteiger partial charge on any atom is -0.329 e. The van der Waals surface area contributed by atoms with E-state index in [0.29, 0.717) is 18.8 Å². The summed E-state index contributed by atoms with van der Waals surface area (Å²) in [4.78, 5) is 0. The number of aromatic nitrogens is 3. The fourth-order valence-electron chi connectivity index (χ4n) is 1.66. The molecule has 0 amide bonds. The summed E-state index contributed by atoms with van der Waals surface area (Å²) in [5, 5.41) is 9.03. The van der Waals surface area contributed by atoms with Crippen molar-refractivity contribution in [1.82, 2.24) is 14.8 Å². The number of nitrogens with zero attached hydrogens (tertiary/aromatic N) is 3. The van der Waals surface area contributed by atoms with E-state index in [1.165, 1.54) is 17.8 Å². The molecule has 0 bridgehead atoms.